The van der Waals surface area contributed by atoms with Crippen LogP contribution in [0.4, 0.5) is 4.79 Å². The van der Waals surface area contributed by atoms with Gasteiger partial charge in [0.05, 0.1) is 25.3 Å². The van der Waals surface area contributed by atoms with E-state index >= 15 is 0 Å². The molecule has 0 aromatic carbocycles. The summed E-state index contributed by atoms with van der Waals surface area (Å²) in [6.45, 7) is 7.97. The van der Waals surface area contributed by atoms with Crippen molar-refractivity contribution in [2.45, 2.75) is 51.9 Å². The van der Waals surface area contributed by atoms with E-state index in [4.69, 9.17) is 14.2 Å². The molecule has 0 bridgehead atoms. The first kappa shape index (κ1) is 17.5. The zero-order chi connectivity index (χ0) is 16.0. The highest BCUT2D eigenvalue weighted by Gasteiger charge is 2.36. The predicted molar refractivity (Wildman–Crippen MR) is 77.9 cm³/mol. The van der Waals surface area contributed by atoms with Gasteiger partial charge in [-0.05, 0) is 34.1 Å². The molecule has 6 heteroatoms. The van der Waals surface area contributed by atoms with E-state index in [9.17, 15) is 9.59 Å². The fourth-order valence-corrected chi connectivity index (χ4v) is 2.09. The van der Waals surface area contributed by atoms with Crippen LogP contribution in [0.25, 0.3) is 0 Å². The van der Waals surface area contributed by atoms with Gasteiger partial charge in [0, 0.05) is 13.2 Å². The number of hydrogen-bond acceptors (Lipinski definition) is 5. The van der Waals surface area contributed by atoms with Crippen LogP contribution in [0.15, 0.2) is 12.2 Å². The third-order valence-electron chi connectivity index (χ3n) is 3.01. The number of ether oxygens (including phenoxy) is 3. The zero-order valence-electron chi connectivity index (χ0n) is 13.4. The number of esters is 1. The summed E-state index contributed by atoms with van der Waals surface area (Å²) in [6, 6.07) is -0.228. The fourth-order valence-electron chi connectivity index (χ4n) is 2.09. The molecule has 1 fully saturated rings. The van der Waals surface area contributed by atoms with Crippen LogP contribution in [-0.4, -0.2) is 55.0 Å². The van der Waals surface area contributed by atoms with E-state index in [1.165, 1.54) is 6.08 Å². The Kier molecular flexibility index (Phi) is 6.20. The van der Waals surface area contributed by atoms with Crippen molar-refractivity contribution in [1.82, 2.24) is 4.90 Å². The largest absolute Gasteiger partial charge is 0.463 e. The molecule has 0 aliphatic carbocycles. The summed E-state index contributed by atoms with van der Waals surface area (Å²) < 4.78 is 15.5. The lowest BCUT2D eigenvalue weighted by Gasteiger charge is -2.27. The van der Waals surface area contributed by atoms with Gasteiger partial charge in [0.2, 0.25) is 0 Å². The highest BCUT2D eigenvalue weighted by Crippen LogP contribution is 2.23. The first-order valence-electron chi connectivity index (χ1n) is 7.14. The lowest BCUT2D eigenvalue weighted by Crippen LogP contribution is -2.39. The van der Waals surface area contributed by atoms with Gasteiger partial charge in [0.1, 0.15) is 5.60 Å². The topological polar surface area (TPSA) is 65.1 Å². The standard InChI is InChI=1S/C15H25NO5/c1-6-20-13(17)8-7-11-9-12(19-5)10-16(11)14(18)21-15(2,3)4/h7-8,11-12H,6,9-10H2,1-5H3/b8-7+/t11-,12-/m1/s1. The monoisotopic (exact) mass is 299 g/mol. The van der Waals surface area contributed by atoms with E-state index in [0.29, 0.717) is 19.6 Å². The van der Waals surface area contributed by atoms with Crippen molar-refractivity contribution in [1.29, 1.82) is 0 Å². The summed E-state index contributed by atoms with van der Waals surface area (Å²) >= 11 is 0. The highest BCUT2D eigenvalue weighted by atomic mass is 16.6. The summed E-state index contributed by atoms with van der Waals surface area (Å²) in [6.07, 6.45) is 3.19. The molecule has 1 heterocycles. The number of methoxy groups -OCH3 is 1. The normalized spacial score (nSPS) is 22.6. The molecule has 1 aliphatic rings. The first-order chi connectivity index (χ1) is 9.76. The number of nitrogens with zero attached hydrogens (tertiary/aromatic N) is 1. The molecular formula is C15H25NO5. The Morgan fingerprint density at radius 2 is 2.00 bits per heavy atom. The SMILES string of the molecule is CCOC(=O)/C=C/[C@@H]1C[C@@H](OC)CN1C(=O)OC(C)(C)C. The average Bonchev–Trinajstić information content (AvgIpc) is 2.78. The number of carbonyl (C=O) groups is 2. The Bertz CT molecular complexity index is 399. The number of rotatable bonds is 4. The molecule has 0 radical (unpaired) electrons. The van der Waals surface area contributed by atoms with Crippen LogP contribution in [0.2, 0.25) is 0 Å². The molecule has 0 N–H and O–H groups in total. The van der Waals surface area contributed by atoms with E-state index in [2.05, 4.69) is 0 Å². The van der Waals surface area contributed by atoms with Gasteiger partial charge in [-0.3, -0.25) is 4.90 Å². The van der Waals surface area contributed by atoms with Gasteiger partial charge in [-0.15, -0.1) is 0 Å². The molecule has 0 spiro atoms. The molecule has 120 valence electrons. The van der Waals surface area contributed by atoms with Gasteiger partial charge >= 0.3 is 12.1 Å². The van der Waals surface area contributed by atoms with Crippen molar-refractivity contribution < 1.29 is 23.8 Å². The van der Waals surface area contributed by atoms with Gasteiger partial charge < -0.3 is 14.2 Å². The van der Waals surface area contributed by atoms with Crippen LogP contribution in [-0.2, 0) is 19.0 Å². The summed E-state index contributed by atoms with van der Waals surface area (Å²) in [5.74, 6) is -0.414. The molecule has 6 nitrogen and oxygen atoms in total. The van der Waals surface area contributed by atoms with Crippen molar-refractivity contribution in [3.05, 3.63) is 12.2 Å². The summed E-state index contributed by atoms with van der Waals surface area (Å²) in [5.41, 5.74) is -0.558. The Morgan fingerprint density at radius 3 is 2.52 bits per heavy atom. The van der Waals surface area contributed by atoms with Crippen molar-refractivity contribution in [3.63, 3.8) is 0 Å². The lowest BCUT2D eigenvalue weighted by molar-refractivity contribution is -0.137. The second-order valence-corrected chi connectivity index (χ2v) is 5.90. The molecule has 1 amide bonds. The fraction of sp³-hybridized carbons (Fsp3) is 0.733. The first-order valence-corrected chi connectivity index (χ1v) is 7.14. The van der Waals surface area contributed by atoms with Gasteiger partial charge in [0.15, 0.2) is 0 Å². The smallest absolute Gasteiger partial charge is 0.410 e. The van der Waals surface area contributed by atoms with E-state index in [1.54, 1.807) is 25.0 Å². The van der Waals surface area contributed by atoms with Gasteiger partial charge in [0.25, 0.3) is 0 Å². The Hall–Kier alpha value is -1.56. The summed E-state index contributed by atoms with van der Waals surface area (Å²) in [7, 11) is 1.61. The molecule has 2 atom stereocenters. The molecule has 0 unspecified atom stereocenters. The van der Waals surface area contributed by atoms with Crippen LogP contribution in [0.1, 0.15) is 34.1 Å². The Labute approximate surface area is 126 Å². The van der Waals surface area contributed by atoms with Crippen molar-refractivity contribution in [3.8, 4) is 0 Å². The molecule has 0 aromatic heterocycles. The Morgan fingerprint density at radius 1 is 1.33 bits per heavy atom. The number of carbonyl (C=O) groups excluding carboxylic acids is 2. The van der Waals surface area contributed by atoms with Crippen LogP contribution in [0.3, 0.4) is 0 Å². The maximum absolute atomic E-state index is 12.2. The zero-order valence-corrected chi connectivity index (χ0v) is 13.4. The molecule has 1 rings (SSSR count). The van der Waals surface area contributed by atoms with Crippen LogP contribution >= 0.6 is 0 Å². The highest BCUT2D eigenvalue weighted by molar-refractivity contribution is 5.82. The minimum atomic E-state index is -0.558. The summed E-state index contributed by atoms with van der Waals surface area (Å²) in [5, 5.41) is 0. The molecular weight excluding hydrogens is 274 g/mol. The van der Waals surface area contributed by atoms with Crippen LogP contribution in [0.5, 0.6) is 0 Å². The van der Waals surface area contributed by atoms with Gasteiger partial charge in [-0.2, -0.15) is 0 Å². The third-order valence-corrected chi connectivity index (χ3v) is 3.01. The van der Waals surface area contributed by atoms with E-state index in [0.717, 1.165) is 0 Å². The minimum Gasteiger partial charge on any atom is -0.463 e. The molecule has 0 saturated carbocycles. The molecule has 1 aliphatic heterocycles. The van der Waals surface area contributed by atoms with Gasteiger partial charge in [-0.1, -0.05) is 6.08 Å². The predicted octanol–water partition coefficient (Wildman–Crippen LogP) is 2.13. The third kappa shape index (κ3) is 5.75. The second-order valence-electron chi connectivity index (χ2n) is 5.90. The maximum Gasteiger partial charge on any atom is 0.410 e. The molecule has 1 saturated heterocycles. The maximum atomic E-state index is 12.2. The number of likely N-dealkylation sites (tertiary alicyclic amines) is 1. The van der Waals surface area contributed by atoms with E-state index in [1.807, 2.05) is 20.8 Å². The van der Waals surface area contributed by atoms with Crippen LogP contribution in [0, 0.1) is 0 Å². The van der Waals surface area contributed by atoms with Crippen molar-refractivity contribution in [2.24, 2.45) is 0 Å². The number of hydrogen-bond donors (Lipinski definition) is 0. The van der Waals surface area contributed by atoms with E-state index < -0.39 is 17.7 Å². The van der Waals surface area contributed by atoms with Crippen LogP contribution < -0.4 is 0 Å². The van der Waals surface area contributed by atoms with Crippen molar-refractivity contribution in [2.75, 3.05) is 20.3 Å². The quantitative estimate of drug-likeness (QED) is 0.588. The van der Waals surface area contributed by atoms with Crippen molar-refractivity contribution >= 4 is 12.1 Å². The molecule has 0 aromatic rings. The minimum absolute atomic E-state index is 0.0608. The second kappa shape index (κ2) is 7.45. The summed E-state index contributed by atoms with van der Waals surface area (Å²) in [4.78, 5) is 25.2. The molecule has 21 heavy (non-hydrogen) atoms. The average molecular weight is 299 g/mol. The van der Waals surface area contributed by atoms with Gasteiger partial charge in [-0.25, -0.2) is 9.59 Å². The lowest BCUT2D eigenvalue weighted by atomic mass is 10.2. The Balaban J connectivity index is 2.74. The van der Waals surface area contributed by atoms with E-state index in [-0.39, 0.29) is 12.1 Å². The number of amides is 1.